The number of nitrogens with zero attached hydrogens (tertiary/aromatic N) is 1. The van der Waals surface area contributed by atoms with Crippen LogP contribution in [0.5, 0.6) is 5.75 Å². The molecule has 2 N–H and O–H groups in total. The van der Waals surface area contributed by atoms with Crippen molar-refractivity contribution in [1.82, 2.24) is 15.6 Å². The van der Waals surface area contributed by atoms with Gasteiger partial charge in [0.2, 0.25) is 0 Å². The minimum Gasteiger partial charge on any atom is -0.497 e. The number of nitrogens with one attached hydrogen (secondary N) is 2. The third-order valence-corrected chi connectivity index (χ3v) is 7.64. The van der Waals surface area contributed by atoms with E-state index in [0.717, 1.165) is 53.6 Å². The number of carbonyl (C=O) groups excluding carboxylic acids is 1. The molecule has 0 bridgehead atoms. The second-order valence-electron chi connectivity index (χ2n) is 9.30. The van der Waals surface area contributed by atoms with Crippen LogP contribution in [-0.2, 0) is 11.2 Å². The first kappa shape index (κ1) is 26.2. The van der Waals surface area contributed by atoms with E-state index in [4.69, 9.17) is 9.47 Å². The summed E-state index contributed by atoms with van der Waals surface area (Å²) in [5.41, 5.74) is 1.90. The fourth-order valence-corrected chi connectivity index (χ4v) is 5.44. The van der Waals surface area contributed by atoms with E-state index in [1.54, 1.807) is 0 Å². The van der Waals surface area contributed by atoms with Crippen LogP contribution >= 0.6 is 11.3 Å². The number of hydrogen-bond acceptors (Lipinski definition) is 6. The number of piperidine rings is 1. The van der Waals surface area contributed by atoms with Crippen molar-refractivity contribution >= 4 is 27.5 Å². The van der Waals surface area contributed by atoms with Crippen molar-refractivity contribution < 1.29 is 14.3 Å². The van der Waals surface area contributed by atoms with E-state index in [1.165, 1.54) is 37.0 Å². The summed E-state index contributed by atoms with van der Waals surface area (Å²) in [5.74, 6) is 2.08. The summed E-state index contributed by atoms with van der Waals surface area (Å²) in [5, 5.41) is 6.93. The van der Waals surface area contributed by atoms with Gasteiger partial charge in [-0.1, -0.05) is 37.3 Å². The highest BCUT2D eigenvalue weighted by atomic mass is 32.1. The smallest absolute Gasteiger partial charge is 0.280 e. The number of ether oxygens (including phenoxy) is 2. The summed E-state index contributed by atoms with van der Waals surface area (Å²) in [6.07, 6.45) is 6.79. The SMILES string of the molecule is C=C(OCC)C(Cc1ccc(OCCCCC2CCNCC2)cc1)NC(=O)c1nc2ccccc2s1. The summed E-state index contributed by atoms with van der Waals surface area (Å²) in [7, 11) is 0. The Kier molecular flexibility index (Phi) is 9.76. The summed E-state index contributed by atoms with van der Waals surface area (Å²) in [4.78, 5) is 17.4. The van der Waals surface area contributed by atoms with Crippen molar-refractivity contribution in [3.8, 4) is 5.75 Å². The molecule has 0 radical (unpaired) electrons. The minimum absolute atomic E-state index is 0.216. The molecule has 1 aromatic heterocycles. The van der Waals surface area contributed by atoms with Crippen molar-refractivity contribution in [1.29, 1.82) is 0 Å². The van der Waals surface area contributed by atoms with E-state index in [-0.39, 0.29) is 11.9 Å². The molecule has 2 aromatic carbocycles. The van der Waals surface area contributed by atoms with Gasteiger partial charge in [0.05, 0.1) is 29.5 Å². The van der Waals surface area contributed by atoms with Gasteiger partial charge in [0, 0.05) is 0 Å². The first-order chi connectivity index (χ1) is 17.6. The van der Waals surface area contributed by atoms with Gasteiger partial charge >= 0.3 is 0 Å². The molecule has 0 spiro atoms. The zero-order valence-corrected chi connectivity index (χ0v) is 21.9. The lowest BCUT2D eigenvalue weighted by Crippen LogP contribution is -2.38. The molecule has 2 heterocycles. The van der Waals surface area contributed by atoms with E-state index in [2.05, 4.69) is 22.2 Å². The fourth-order valence-electron chi connectivity index (χ4n) is 4.57. The highest BCUT2D eigenvalue weighted by molar-refractivity contribution is 7.20. The molecular formula is C29H37N3O3S. The number of thiazole rings is 1. The Labute approximate surface area is 218 Å². The van der Waals surface area contributed by atoms with Gasteiger partial charge in [-0.25, -0.2) is 4.98 Å². The monoisotopic (exact) mass is 507 g/mol. The predicted molar refractivity (Wildman–Crippen MR) is 147 cm³/mol. The van der Waals surface area contributed by atoms with Crippen molar-refractivity contribution in [3.63, 3.8) is 0 Å². The lowest BCUT2D eigenvalue weighted by Gasteiger charge is -2.22. The van der Waals surface area contributed by atoms with Crippen LogP contribution in [-0.4, -0.2) is 43.2 Å². The number of carbonyl (C=O) groups is 1. The van der Waals surface area contributed by atoms with E-state index < -0.39 is 0 Å². The number of para-hydroxylation sites is 1. The van der Waals surface area contributed by atoms with Crippen molar-refractivity contribution in [3.05, 3.63) is 71.4 Å². The number of hydrogen-bond donors (Lipinski definition) is 2. The highest BCUT2D eigenvalue weighted by Gasteiger charge is 2.21. The Morgan fingerprint density at radius 2 is 1.94 bits per heavy atom. The molecule has 1 saturated heterocycles. The van der Waals surface area contributed by atoms with Crippen molar-refractivity contribution in [2.24, 2.45) is 5.92 Å². The first-order valence-electron chi connectivity index (χ1n) is 13.0. The van der Waals surface area contributed by atoms with E-state index in [1.807, 2.05) is 55.5 Å². The number of rotatable bonds is 13. The summed E-state index contributed by atoms with van der Waals surface area (Å²) in [6, 6.07) is 15.5. The van der Waals surface area contributed by atoms with Gasteiger partial charge in [0.1, 0.15) is 11.5 Å². The van der Waals surface area contributed by atoms with Crippen LogP contribution in [0.3, 0.4) is 0 Å². The Morgan fingerprint density at radius 3 is 2.69 bits per heavy atom. The maximum atomic E-state index is 13.0. The van der Waals surface area contributed by atoms with Crippen LogP contribution in [0, 0.1) is 5.92 Å². The van der Waals surface area contributed by atoms with Crippen LogP contribution in [0.2, 0.25) is 0 Å². The molecule has 1 unspecified atom stereocenters. The lowest BCUT2D eigenvalue weighted by molar-refractivity contribution is 0.0923. The Balaban J connectivity index is 1.28. The van der Waals surface area contributed by atoms with E-state index in [0.29, 0.717) is 23.8 Å². The minimum atomic E-state index is -0.355. The van der Waals surface area contributed by atoms with E-state index >= 15 is 0 Å². The number of fused-ring (bicyclic) bond motifs is 1. The zero-order valence-electron chi connectivity index (χ0n) is 21.1. The Morgan fingerprint density at radius 1 is 1.17 bits per heavy atom. The molecule has 1 amide bonds. The van der Waals surface area contributed by atoms with Gasteiger partial charge in [-0.2, -0.15) is 0 Å². The molecule has 1 aliphatic rings. The van der Waals surface area contributed by atoms with Crippen LogP contribution in [0.4, 0.5) is 0 Å². The van der Waals surface area contributed by atoms with Gasteiger partial charge in [0.15, 0.2) is 5.01 Å². The summed E-state index contributed by atoms with van der Waals surface area (Å²) in [6.45, 7) is 9.54. The van der Waals surface area contributed by atoms with Crippen LogP contribution < -0.4 is 15.4 Å². The van der Waals surface area contributed by atoms with Gasteiger partial charge < -0.3 is 20.1 Å². The normalized spacial score (nSPS) is 14.9. The molecule has 36 heavy (non-hydrogen) atoms. The van der Waals surface area contributed by atoms with Crippen molar-refractivity contribution in [2.45, 2.75) is 51.5 Å². The average molecular weight is 508 g/mol. The third kappa shape index (κ3) is 7.55. The number of amides is 1. The third-order valence-electron chi connectivity index (χ3n) is 6.61. The van der Waals surface area contributed by atoms with Gasteiger partial charge in [-0.15, -0.1) is 11.3 Å². The number of benzene rings is 2. The highest BCUT2D eigenvalue weighted by Crippen LogP contribution is 2.23. The lowest BCUT2D eigenvalue weighted by atomic mass is 9.93. The van der Waals surface area contributed by atoms with Crippen LogP contribution in [0.1, 0.15) is 54.4 Å². The second-order valence-corrected chi connectivity index (χ2v) is 10.3. The largest absolute Gasteiger partial charge is 0.497 e. The quantitative estimate of drug-likeness (QED) is 0.228. The topological polar surface area (TPSA) is 72.5 Å². The van der Waals surface area contributed by atoms with Crippen LogP contribution in [0.15, 0.2) is 60.9 Å². The predicted octanol–water partition coefficient (Wildman–Crippen LogP) is 5.74. The first-order valence-corrected chi connectivity index (χ1v) is 13.8. The number of aromatic nitrogens is 1. The molecule has 3 aromatic rings. The molecule has 0 saturated carbocycles. The standard InChI is InChI=1S/C29H37N3O3S/c1-3-34-21(2)26(31-28(33)29-32-25-9-4-5-10-27(25)36-29)20-23-11-13-24(14-12-23)35-19-7-6-8-22-15-17-30-18-16-22/h4-5,9-14,22,26,30H,2-3,6-8,15-20H2,1H3,(H,31,33). The second kappa shape index (κ2) is 13.4. The average Bonchev–Trinajstić information content (AvgIpc) is 3.34. The molecule has 1 aliphatic heterocycles. The molecular weight excluding hydrogens is 470 g/mol. The van der Waals surface area contributed by atoms with Gasteiger partial charge in [-0.05, 0) is 87.9 Å². The molecule has 6 nitrogen and oxygen atoms in total. The molecule has 0 aliphatic carbocycles. The summed E-state index contributed by atoms with van der Waals surface area (Å²) < 4.78 is 12.6. The number of unbranched alkanes of at least 4 members (excludes halogenated alkanes) is 1. The Hall–Kier alpha value is -2.90. The summed E-state index contributed by atoms with van der Waals surface area (Å²) >= 11 is 1.39. The maximum Gasteiger partial charge on any atom is 0.280 e. The Bertz CT molecular complexity index is 1090. The van der Waals surface area contributed by atoms with Crippen LogP contribution in [0.25, 0.3) is 10.2 Å². The van der Waals surface area contributed by atoms with E-state index in [9.17, 15) is 4.79 Å². The zero-order chi connectivity index (χ0) is 25.2. The van der Waals surface area contributed by atoms with Gasteiger partial charge in [-0.3, -0.25) is 4.79 Å². The fraction of sp³-hybridized carbons (Fsp3) is 0.448. The van der Waals surface area contributed by atoms with Gasteiger partial charge in [0.25, 0.3) is 5.91 Å². The van der Waals surface area contributed by atoms with Crippen molar-refractivity contribution in [2.75, 3.05) is 26.3 Å². The molecule has 7 heteroatoms. The maximum absolute atomic E-state index is 13.0. The molecule has 4 rings (SSSR count). The molecule has 1 atom stereocenters. The molecule has 192 valence electrons. The molecule has 1 fully saturated rings.